The molecule has 1 amide bonds. The van der Waals surface area contributed by atoms with Gasteiger partial charge in [0.1, 0.15) is 0 Å². The van der Waals surface area contributed by atoms with Gasteiger partial charge in [0.05, 0.1) is 18.8 Å². The van der Waals surface area contributed by atoms with Gasteiger partial charge in [-0.25, -0.2) is 4.57 Å². The first kappa shape index (κ1) is 40.5. The Bertz CT molecular complexity index is 615. The van der Waals surface area contributed by atoms with E-state index in [1.54, 1.807) is 0 Å². The Morgan fingerprint density at radius 3 is 1.32 bits per heavy atom. The van der Waals surface area contributed by atoms with Crippen LogP contribution < -0.4 is 5.32 Å². The van der Waals surface area contributed by atoms with Crippen molar-refractivity contribution in [2.75, 3.05) is 6.61 Å². The van der Waals surface area contributed by atoms with E-state index in [1.165, 1.54) is 122 Å². The van der Waals surface area contributed by atoms with Crippen molar-refractivity contribution in [2.45, 2.75) is 199 Å². The minimum atomic E-state index is -4.67. The monoisotopic (exact) mass is 605 g/mol. The molecule has 0 spiro atoms. The molecule has 0 aliphatic heterocycles. The molecule has 0 unspecified atom stereocenters. The number of carbonyl (C=O) groups is 1. The number of rotatable bonds is 32. The molecule has 0 fully saturated rings. The van der Waals surface area contributed by atoms with Gasteiger partial charge in [0.15, 0.2) is 0 Å². The van der Waals surface area contributed by atoms with Gasteiger partial charge in [-0.2, -0.15) is 0 Å². The number of hydrogen-bond acceptors (Lipinski definition) is 4. The minimum absolute atomic E-state index is 0.193. The van der Waals surface area contributed by atoms with E-state index in [0.29, 0.717) is 12.8 Å². The summed E-state index contributed by atoms with van der Waals surface area (Å²) in [7, 11) is -4.67. The lowest BCUT2D eigenvalue weighted by atomic mass is 10.0. The quantitative estimate of drug-likeness (QED) is 0.0448. The summed E-state index contributed by atoms with van der Waals surface area (Å²) in [6.07, 6.45) is 30.8. The third kappa shape index (κ3) is 30.8. The molecular formula is C33H68NO6P. The zero-order valence-corrected chi connectivity index (χ0v) is 27.9. The third-order valence-electron chi connectivity index (χ3n) is 8.09. The van der Waals surface area contributed by atoms with Crippen LogP contribution in [0.15, 0.2) is 0 Å². The molecule has 246 valence electrons. The summed E-state index contributed by atoms with van der Waals surface area (Å²) in [4.78, 5) is 30.7. The summed E-state index contributed by atoms with van der Waals surface area (Å²) in [6, 6.07) is -0.815. The molecule has 7 nitrogen and oxygen atoms in total. The fourth-order valence-corrected chi connectivity index (χ4v) is 5.76. The fourth-order valence-electron chi connectivity index (χ4n) is 5.40. The van der Waals surface area contributed by atoms with Gasteiger partial charge in [0, 0.05) is 6.42 Å². The van der Waals surface area contributed by atoms with Crippen molar-refractivity contribution in [2.24, 2.45) is 0 Å². The average Bonchev–Trinajstić information content (AvgIpc) is 2.93. The first-order chi connectivity index (χ1) is 19.8. The molecule has 0 aliphatic carbocycles. The Balaban J connectivity index is 3.96. The number of nitrogens with one attached hydrogen (secondary N) is 1. The molecule has 2 atom stereocenters. The molecule has 0 bridgehead atoms. The van der Waals surface area contributed by atoms with Gasteiger partial charge in [0.2, 0.25) is 5.91 Å². The summed E-state index contributed by atoms with van der Waals surface area (Å²) in [6.45, 7) is 4.09. The third-order valence-corrected chi connectivity index (χ3v) is 8.58. The zero-order chi connectivity index (χ0) is 30.4. The van der Waals surface area contributed by atoms with E-state index in [2.05, 4.69) is 23.7 Å². The van der Waals surface area contributed by atoms with Crippen LogP contribution in [0.4, 0.5) is 0 Å². The fraction of sp³-hybridized carbons (Fsp3) is 0.970. The van der Waals surface area contributed by atoms with E-state index in [0.717, 1.165) is 38.5 Å². The molecule has 0 aromatic heterocycles. The van der Waals surface area contributed by atoms with Crippen LogP contribution in [0.3, 0.4) is 0 Å². The number of phosphoric acid groups is 1. The Morgan fingerprint density at radius 2 is 0.951 bits per heavy atom. The van der Waals surface area contributed by atoms with E-state index in [4.69, 9.17) is 9.79 Å². The molecule has 0 aliphatic rings. The Labute approximate surface area is 253 Å². The second-order valence-electron chi connectivity index (χ2n) is 12.2. The summed E-state index contributed by atoms with van der Waals surface area (Å²) in [5.74, 6) is -0.193. The smallest absolute Gasteiger partial charge is 0.391 e. The van der Waals surface area contributed by atoms with Gasteiger partial charge >= 0.3 is 7.82 Å². The normalized spacial score (nSPS) is 13.4. The zero-order valence-electron chi connectivity index (χ0n) is 27.0. The molecule has 4 N–H and O–H groups in total. The van der Waals surface area contributed by atoms with E-state index >= 15 is 0 Å². The highest BCUT2D eigenvalue weighted by Gasteiger charge is 2.25. The predicted octanol–water partition coefficient (Wildman–Crippen LogP) is 9.51. The van der Waals surface area contributed by atoms with Gasteiger partial charge in [-0.3, -0.25) is 9.32 Å². The number of unbranched alkanes of at least 4 members (excludes halogenated alkanes) is 23. The minimum Gasteiger partial charge on any atom is -0.391 e. The van der Waals surface area contributed by atoms with Crippen LogP contribution in [0.1, 0.15) is 187 Å². The molecule has 8 heteroatoms. The summed E-state index contributed by atoms with van der Waals surface area (Å²) in [5.41, 5.74) is 0. The van der Waals surface area contributed by atoms with Crippen molar-refractivity contribution in [3.8, 4) is 0 Å². The SMILES string of the molecule is CCCCCCCCCCCCCCCCCC(=O)N[C@@H](COP(=O)(O)O)[C@H](O)CCCCCCCCCCCC. The maximum absolute atomic E-state index is 12.5. The Hall–Kier alpha value is -0.460. The molecule has 0 heterocycles. The molecule has 0 radical (unpaired) electrons. The standard InChI is InChI=1S/C33H68NO6P/c1-3-5-7-9-11-13-15-16-17-18-19-21-23-25-27-29-33(36)34-31(30-40-41(37,38)39)32(35)28-26-24-22-20-14-12-10-8-6-4-2/h31-32,35H,3-30H2,1-2H3,(H,34,36)(H2,37,38,39)/t31-,32+/m0/s1. The highest BCUT2D eigenvalue weighted by Crippen LogP contribution is 2.36. The van der Waals surface area contributed by atoms with Gasteiger partial charge < -0.3 is 20.2 Å². The van der Waals surface area contributed by atoms with Crippen molar-refractivity contribution in [3.63, 3.8) is 0 Å². The number of aliphatic hydroxyl groups is 1. The highest BCUT2D eigenvalue weighted by molar-refractivity contribution is 7.46. The van der Waals surface area contributed by atoms with Gasteiger partial charge in [-0.15, -0.1) is 0 Å². The molecule has 0 saturated heterocycles. The van der Waals surface area contributed by atoms with Crippen molar-refractivity contribution >= 4 is 13.7 Å². The largest absolute Gasteiger partial charge is 0.469 e. The van der Waals surface area contributed by atoms with E-state index in [1.807, 2.05) is 0 Å². The summed E-state index contributed by atoms with van der Waals surface area (Å²) < 4.78 is 15.8. The van der Waals surface area contributed by atoms with E-state index in [9.17, 15) is 14.5 Å². The van der Waals surface area contributed by atoms with Crippen molar-refractivity contribution in [1.82, 2.24) is 5.32 Å². The van der Waals surface area contributed by atoms with Gasteiger partial charge in [-0.05, 0) is 12.8 Å². The molecule has 0 rings (SSSR count). The van der Waals surface area contributed by atoms with Crippen LogP contribution in [0, 0.1) is 0 Å². The average molecular weight is 606 g/mol. The maximum Gasteiger partial charge on any atom is 0.469 e. The number of aliphatic hydroxyl groups excluding tert-OH is 1. The first-order valence-electron chi connectivity index (χ1n) is 17.5. The number of phosphoric ester groups is 1. The predicted molar refractivity (Wildman–Crippen MR) is 172 cm³/mol. The molecule has 0 saturated carbocycles. The summed E-state index contributed by atoms with van der Waals surface area (Å²) in [5, 5.41) is 13.4. The van der Waals surface area contributed by atoms with E-state index < -0.39 is 26.6 Å². The lowest BCUT2D eigenvalue weighted by Crippen LogP contribution is -2.46. The van der Waals surface area contributed by atoms with Crippen molar-refractivity contribution < 1.29 is 28.8 Å². The topological polar surface area (TPSA) is 116 Å². The maximum atomic E-state index is 12.5. The lowest BCUT2D eigenvalue weighted by Gasteiger charge is -2.24. The summed E-state index contributed by atoms with van der Waals surface area (Å²) >= 11 is 0. The molecule has 41 heavy (non-hydrogen) atoms. The van der Waals surface area contributed by atoms with Gasteiger partial charge in [0.25, 0.3) is 0 Å². The second-order valence-corrected chi connectivity index (χ2v) is 13.4. The molecule has 0 aromatic rings. The number of amides is 1. The van der Waals surface area contributed by atoms with Crippen molar-refractivity contribution in [3.05, 3.63) is 0 Å². The Morgan fingerprint density at radius 1 is 0.610 bits per heavy atom. The van der Waals surface area contributed by atoms with Crippen LogP contribution in [-0.2, 0) is 13.9 Å². The van der Waals surface area contributed by atoms with Crippen LogP contribution in [0.25, 0.3) is 0 Å². The number of hydrogen-bond donors (Lipinski definition) is 4. The van der Waals surface area contributed by atoms with Crippen LogP contribution in [0.5, 0.6) is 0 Å². The first-order valence-corrected chi connectivity index (χ1v) is 19.0. The van der Waals surface area contributed by atoms with E-state index in [-0.39, 0.29) is 5.91 Å². The van der Waals surface area contributed by atoms with Gasteiger partial charge in [-0.1, -0.05) is 168 Å². The number of carbonyl (C=O) groups excluding carboxylic acids is 1. The van der Waals surface area contributed by atoms with Crippen LogP contribution in [-0.4, -0.2) is 39.6 Å². The Kier molecular flexibility index (Phi) is 29.3. The van der Waals surface area contributed by atoms with Crippen LogP contribution in [0.2, 0.25) is 0 Å². The lowest BCUT2D eigenvalue weighted by molar-refractivity contribution is -0.123. The van der Waals surface area contributed by atoms with Crippen molar-refractivity contribution in [1.29, 1.82) is 0 Å². The second kappa shape index (κ2) is 29.6. The molecule has 0 aromatic carbocycles. The van der Waals surface area contributed by atoms with Crippen LogP contribution >= 0.6 is 7.82 Å². The molecular weight excluding hydrogens is 537 g/mol. The highest BCUT2D eigenvalue weighted by atomic mass is 31.2.